The van der Waals surface area contributed by atoms with Crippen molar-refractivity contribution in [2.75, 3.05) is 0 Å². The molecule has 0 aliphatic rings. The van der Waals surface area contributed by atoms with Gasteiger partial charge in [-0.25, -0.2) is 0 Å². The SMILES string of the molecule is FC(F)(F)CC(F)(F)C(F)(F)C(F)(F)C(F)(F)C(F)(F)C(F)(F)Cl. The molecule has 0 saturated heterocycles. The highest BCUT2D eigenvalue weighted by molar-refractivity contribution is 6.22. The van der Waals surface area contributed by atoms with Gasteiger partial charge in [-0.05, 0) is 11.6 Å². The van der Waals surface area contributed by atoms with Crippen molar-refractivity contribution < 1.29 is 65.9 Å². The molecule has 0 nitrogen and oxygen atoms in total. The highest BCUT2D eigenvalue weighted by Gasteiger charge is 2.90. The van der Waals surface area contributed by atoms with E-state index in [-0.39, 0.29) is 0 Å². The molecule has 24 heavy (non-hydrogen) atoms. The highest BCUT2D eigenvalue weighted by atomic mass is 35.5. The molecule has 0 heterocycles. The summed E-state index contributed by atoms with van der Waals surface area (Å²) in [6.45, 7) is 0. The smallest absolute Gasteiger partial charge is 0.199 e. The Hall–Kier alpha value is -0.760. The molecule has 16 heteroatoms. The van der Waals surface area contributed by atoms with Gasteiger partial charge >= 0.3 is 41.2 Å². The summed E-state index contributed by atoms with van der Waals surface area (Å²) in [7, 11) is 0. The fraction of sp³-hybridized carbons (Fsp3) is 1.00. The fourth-order valence-corrected chi connectivity index (χ4v) is 1.28. The third kappa shape index (κ3) is 3.45. The molecule has 0 spiro atoms. The largest absolute Gasteiger partial charge is 0.395 e. The highest BCUT2D eigenvalue weighted by Crippen LogP contribution is 2.61. The van der Waals surface area contributed by atoms with Crippen LogP contribution in [0.25, 0.3) is 0 Å². The van der Waals surface area contributed by atoms with E-state index in [9.17, 15) is 65.9 Å². The summed E-state index contributed by atoms with van der Waals surface area (Å²) < 4.78 is 186. The van der Waals surface area contributed by atoms with Crippen LogP contribution in [-0.2, 0) is 0 Å². The van der Waals surface area contributed by atoms with Crippen LogP contribution in [0.1, 0.15) is 6.42 Å². The molecule has 0 bridgehead atoms. The van der Waals surface area contributed by atoms with Gasteiger partial charge in [-0.3, -0.25) is 0 Å². The van der Waals surface area contributed by atoms with Crippen molar-refractivity contribution in [3.05, 3.63) is 0 Å². The van der Waals surface area contributed by atoms with Crippen molar-refractivity contribution in [1.82, 2.24) is 0 Å². The molecule has 0 aromatic heterocycles. The van der Waals surface area contributed by atoms with Crippen LogP contribution in [0.2, 0.25) is 0 Å². The van der Waals surface area contributed by atoms with E-state index in [1.807, 2.05) is 0 Å². The molecule has 0 N–H and O–H groups in total. The molecule has 0 unspecified atom stereocenters. The predicted octanol–water partition coefficient (Wildman–Crippen LogP) is 5.95. The normalized spacial score (nSPS) is 16.5. The molecule has 0 radical (unpaired) electrons. The monoisotopic (exact) mass is 418 g/mol. The van der Waals surface area contributed by atoms with E-state index in [1.165, 1.54) is 0 Å². The molecule has 146 valence electrons. The van der Waals surface area contributed by atoms with E-state index in [0.29, 0.717) is 0 Å². The minimum atomic E-state index is -8.05. The maximum atomic E-state index is 12.9. The average molecular weight is 419 g/mol. The van der Waals surface area contributed by atoms with Crippen LogP contribution in [0.15, 0.2) is 0 Å². The third-order valence-corrected chi connectivity index (χ3v) is 2.66. The average Bonchev–Trinajstić information content (AvgIpc) is 2.22. The van der Waals surface area contributed by atoms with E-state index in [4.69, 9.17) is 0 Å². The first-order chi connectivity index (χ1) is 9.96. The number of hydrogen-bond acceptors (Lipinski definition) is 0. The minimum absolute atomic E-state index is 3.38. The van der Waals surface area contributed by atoms with Gasteiger partial charge in [0.1, 0.15) is 6.42 Å². The standard InChI is InChI=1S/C8H2ClF15/c9-8(23,24)7(21,22)6(19,20)5(17,18)4(15,16)2(10,11)1-3(12,13)14/h1H2. The van der Waals surface area contributed by atoms with Gasteiger partial charge in [0.15, 0.2) is 0 Å². The van der Waals surface area contributed by atoms with E-state index in [0.717, 1.165) is 0 Å². The molecule has 0 aromatic rings. The van der Waals surface area contributed by atoms with Gasteiger partial charge in [0.05, 0.1) is 0 Å². The molecule has 0 atom stereocenters. The van der Waals surface area contributed by atoms with Gasteiger partial charge in [-0.2, -0.15) is 65.9 Å². The fourth-order valence-electron chi connectivity index (χ4n) is 1.16. The van der Waals surface area contributed by atoms with Gasteiger partial charge in [0, 0.05) is 0 Å². The summed E-state index contributed by atoms with van der Waals surface area (Å²) in [6.07, 6.45) is -10.4. The number of rotatable bonds is 6. The maximum absolute atomic E-state index is 12.9. The van der Waals surface area contributed by atoms with Gasteiger partial charge < -0.3 is 0 Å². The van der Waals surface area contributed by atoms with E-state index >= 15 is 0 Å². The Labute approximate surface area is 126 Å². The zero-order chi connectivity index (χ0) is 20.2. The molecule has 0 aliphatic heterocycles. The molecular weight excluding hydrogens is 417 g/mol. The van der Waals surface area contributed by atoms with Gasteiger partial charge in [-0.15, -0.1) is 0 Å². The summed E-state index contributed by atoms with van der Waals surface area (Å²) >= 11 is 3.38. The summed E-state index contributed by atoms with van der Waals surface area (Å²) in [5.74, 6) is -38.4. The van der Waals surface area contributed by atoms with Crippen molar-refractivity contribution in [2.24, 2.45) is 0 Å². The maximum Gasteiger partial charge on any atom is 0.395 e. The van der Waals surface area contributed by atoms with Gasteiger partial charge in [0.25, 0.3) is 0 Å². The van der Waals surface area contributed by atoms with Gasteiger partial charge in [-0.1, -0.05) is 0 Å². The predicted molar refractivity (Wildman–Crippen MR) is 46.2 cm³/mol. The van der Waals surface area contributed by atoms with Crippen LogP contribution in [0.5, 0.6) is 0 Å². The second-order valence-electron chi connectivity index (χ2n) is 4.29. The van der Waals surface area contributed by atoms with Crippen molar-refractivity contribution in [2.45, 2.75) is 47.6 Å². The summed E-state index contributed by atoms with van der Waals surface area (Å²) in [6, 6.07) is 0. The Bertz CT molecular complexity index is 455. The summed E-state index contributed by atoms with van der Waals surface area (Å²) in [4.78, 5) is 0. The van der Waals surface area contributed by atoms with Crippen molar-refractivity contribution >= 4 is 11.6 Å². The Morgan fingerprint density at radius 2 is 0.750 bits per heavy atom. The Balaban J connectivity index is 6.21. The molecule has 0 rings (SSSR count). The van der Waals surface area contributed by atoms with Crippen molar-refractivity contribution in [3.63, 3.8) is 0 Å². The first-order valence-corrected chi connectivity index (χ1v) is 5.36. The first-order valence-electron chi connectivity index (χ1n) is 4.98. The lowest BCUT2D eigenvalue weighted by atomic mass is 9.93. The molecular formula is C8H2ClF15. The summed E-state index contributed by atoms with van der Waals surface area (Å²) in [5.41, 5.74) is 0. The second-order valence-corrected chi connectivity index (χ2v) is 4.77. The van der Waals surface area contributed by atoms with Crippen LogP contribution in [0.4, 0.5) is 65.9 Å². The number of hydrogen-bond donors (Lipinski definition) is 0. The second kappa shape index (κ2) is 5.62. The first kappa shape index (κ1) is 23.2. The van der Waals surface area contributed by atoms with E-state index in [2.05, 4.69) is 11.6 Å². The number of halogens is 16. The Morgan fingerprint density at radius 3 is 1.00 bits per heavy atom. The van der Waals surface area contributed by atoms with Crippen molar-refractivity contribution in [3.8, 4) is 0 Å². The van der Waals surface area contributed by atoms with Crippen LogP contribution in [0.3, 0.4) is 0 Å². The molecule has 0 fully saturated rings. The summed E-state index contributed by atoms with van der Waals surface area (Å²) in [5, 5.41) is -6.63. The third-order valence-electron chi connectivity index (χ3n) is 2.42. The zero-order valence-electron chi connectivity index (χ0n) is 10.3. The van der Waals surface area contributed by atoms with Crippen LogP contribution < -0.4 is 0 Å². The Kier molecular flexibility index (Phi) is 5.45. The van der Waals surface area contributed by atoms with Crippen molar-refractivity contribution in [1.29, 1.82) is 0 Å². The lowest BCUT2D eigenvalue weighted by Crippen LogP contribution is -2.70. The minimum Gasteiger partial charge on any atom is -0.199 e. The Morgan fingerprint density at radius 1 is 0.458 bits per heavy atom. The molecule has 0 aliphatic carbocycles. The quantitative estimate of drug-likeness (QED) is 0.370. The van der Waals surface area contributed by atoms with E-state index in [1.54, 1.807) is 0 Å². The number of alkyl halides is 16. The zero-order valence-corrected chi connectivity index (χ0v) is 11.0. The van der Waals surface area contributed by atoms with E-state index < -0.39 is 47.6 Å². The van der Waals surface area contributed by atoms with Crippen LogP contribution >= 0.6 is 11.6 Å². The van der Waals surface area contributed by atoms with Crippen LogP contribution in [-0.4, -0.2) is 41.2 Å². The topological polar surface area (TPSA) is 0 Å². The van der Waals surface area contributed by atoms with Gasteiger partial charge in [0.2, 0.25) is 0 Å². The molecule has 0 saturated carbocycles. The molecule has 0 amide bonds. The lowest BCUT2D eigenvalue weighted by molar-refractivity contribution is -0.421. The molecule has 0 aromatic carbocycles. The lowest BCUT2D eigenvalue weighted by Gasteiger charge is -2.40. The van der Waals surface area contributed by atoms with Crippen LogP contribution in [0, 0.1) is 0 Å².